The molecule has 2 heterocycles. The lowest BCUT2D eigenvalue weighted by Crippen LogP contribution is -2.12. The molecule has 0 saturated carbocycles. The monoisotopic (exact) mass is 292 g/mol. The summed E-state index contributed by atoms with van der Waals surface area (Å²) in [6, 6.07) is 0. The zero-order valence-corrected chi connectivity index (χ0v) is 10.3. The van der Waals surface area contributed by atoms with Crippen LogP contribution in [0, 0.1) is 5.92 Å². The molecule has 0 aliphatic carbocycles. The lowest BCUT2D eigenvalue weighted by atomic mass is 10.1. The van der Waals surface area contributed by atoms with Crippen molar-refractivity contribution in [3.63, 3.8) is 0 Å². The van der Waals surface area contributed by atoms with Gasteiger partial charge in [-0.1, -0.05) is 0 Å². The normalized spacial score (nSPS) is 20.5. The first-order valence-corrected chi connectivity index (χ1v) is 5.81. The second kappa shape index (κ2) is 5.09. The molecule has 1 fully saturated rings. The quantitative estimate of drug-likeness (QED) is 0.802. The maximum absolute atomic E-state index is 5.66. The Hall–Kier alpha value is -0.390. The number of nitrogens with zero attached hydrogens (tertiary/aromatic N) is 2. The molecule has 1 aromatic rings. The summed E-state index contributed by atoms with van der Waals surface area (Å²) < 4.78 is 11.5. The molecule has 2 rings (SSSR count). The SMILES string of the molecule is Clc1ncc(Br)c(OCC2CCOC2)n1. The summed E-state index contributed by atoms with van der Waals surface area (Å²) in [5.74, 6) is 0.938. The minimum Gasteiger partial charge on any atom is -0.476 e. The van der Waals surface area contributed by atoms with Gasteiger partial charge < -0.3 is 9.47 Å². The van der Waals surface area contributed by atoms with E-state index in [1.807, 2.05) is 0 Å². The van der Waals surface area contributed by atoms with Gasteiger partial charge in [-0.25, -0.2) is 4.98 Å². The van der Waals surface area contributed by atoms with Crippen LogP contribution in [0.15, 0.2) is 10.7 Å². The Labute approximate surface area is 101 Å². The zero-order valence-electron chi connectivity index (χ0n) is 7.95. The van der Waals surface area contributed by atoms with Crippen molar-refractivity contribution in [2.24, 2.45) is 5.92 Å². The summed E-state index contributed by atoms with van der Waals surface area (Å²) in [6.07, 6.45) is 2.62. The Morgan fingerprint density at radius 1 is 1.67 bits per heavy atom. The van der Waals surface area contributed by atoms with Crippen molar-refractivity contribution >= 4 is 27.5 Å². The number of hydrogen-bond acceptors (Lipinski definition) is 4. The highest BCUT2D eigenvalue weighted by Crippen LogP contribution is 2.23. The maximum Gasteiger partial charge on any atom is 0.232 e. The molecule has 1 aromatic heterocycles. The third-order valence-corrected chi connectivity index (χ3v) is 2.89. The second-order valence-electron chi connectivity index (χ2n) is 3.33. The largest absolute Gasteiger partial charge is 0.476 e. The third kappa shape index (κ3) is 3.03. The van der Waals surface area contributed by atoms with Gasteiger partial charge >= 0.3 is 0 Å². The van der Waals surface area contributed by atoms with Crippen molar-refractivity contribution in [1.82, 2.24) is 9.97 Å². The molecule has 0 radical (unpaired) electrons. The van der Waals surface area contributed by atoms with E-state index in [-0.39, 0.29) is 5.28 Å². The highest BCUT2D eigenvalue weighted by molar-refractivity contribution is 9.10. The molecule has 0 N–H and O–H groups in total. The molecule has 1 atom stereocenters. The molecular weight excluding hydrogens is 283 g/mol. The number of ether oxygens (including phenoxy) is 2. The Morgan fingerprint density at radius 3 is 3.27 bits per heavy atom. The molecule has 4 nitrogen and oxygen atoms in total. The smallest absolute Gasteiger partial charge is 0.232 e. The van der Waals surface area contributed by atoms with Crippen LogP contribution in [0.5, 0.6) is 5.88 Å². The van der Waals surface area contributed by atoms with Crippen LogP contribution in [-0.2, 0) is 4.74 Å². The van der Waals surface area contributed by atoms with Crippen molar-refractivity contribution in [1.29, 1.82) is 0 Å². The van der Waals surface area contributed by atoms with Crippen molar-refractivity contribution < 1.29 is 9.47 Å². The van der Waals surface area contributed by atoms with Gasteiger partial charge in [0.1, 0.15) is 0 Å². The molecule has 1 saturated heterocycles. The van der Waals surface area contributed by atoms with Crippen LogP contribution in [0.3, 0.4) is 0 Å². The maximum atomic E-state index is 5.66. The van der Waals surface area contributed by atoms with E-state index in [2.05, 4.69) is 25.9 Å². The molecule has 0 aromatic carbocycles. The molecule has 0 spiro atoms. The second-order valence-corrected chi connectivity index (χ2v) is 4.53. The minimum atomic E-state index is 0.191. The van der Waals surface area contributed by atoms with E-state index < -0.39 is 0 Å². The van der Waals surface area contributed by atoms with Gasteiger partial charge in [-0.15, -0.1) is 0 Å². The summed E-state index contributed by atoms with van der Waals surface area (Å²) in [5.41, 5.74) is 0. The van der Waals surface area contributed by atoms with Gasteiger partial charge in [0, 0.05) is 18.7 Å². The predicted molar refractivity (Wildman–Crippen MR) is 59.2 cm³/mol. The van der Waals surface area contributed by atoms with Gasteiger partial charge in [-0.05, 0) is 34.0 Å². The van der Waals surface area contributed by atoms with Crippen LogP contribution >= 0.6 is 27.5 Å². The minimum absolute atomic E-state index is 0.191. The van der Waals surface area contributed by atoms with Gasteiger partial charge in [0.25, 0.3) is 0 Å². The van der Waals surface area contributed by atoms with E-state index in [4.69, 9.17) is 21.1 Å². The first-order chi connectivity index (χ1) is 7.25. The number of aromatic nitrogens is 2. The summed E-state index contributed by atoms with van der Waals surface area (Å²) in [4.78, 5) is 7.80. The van der Waals surface area contributed by atoms with Crippen LogP contribution in [0.25, 0.3) is 0 Å². The van der Waals surface area contributed by atoms with Crippen molar-refractivity contribution in [2.45, 2.75) is 6.42 Å². The number of rotatable bonds is 3. The highest BCUT2D eigenvalue weighted by atomic mass is 79.9. The highest BCUT2D eigenvalue weighted by Gasteiger charge is 2.17. The first-order valence-electron chi connectivity index (χ1n) is 4.64. The molecule has 0 amide bonds. The Balaban J connectivity index is 1.94. The van der Waals surface area contributed by atoms with Crippen LogP contribution in [0.1, 0.15) is 6.42 Å². The van der Waals surface area contributed by atoms with E-state index in [1.54, 1.807) is 6.20 Å². The van der Waals surface area contributed by atoms with Gasteiger partial charge in [0.05, 0.1) is 17.7 Å². The molecule has 15 heavy (non-hydrogen) atoms. The van der Waals surface area contributed by atoms with Gasteiger partial charge in [0.15, 0.2) is 0 Å². The molecule has 1 unspecified atom stereocenters. The lowest BCUT2D eigenvalue weighted by Gasteiger charge is -2.10. The van der Waals surface area contributed by atoms with Gasteiger partial charge in [-0.2, -0.15) is 4.98 Å². The van der Waals surface area contributed by atoms with Crippen LogP contribution in [0.2, 0.25) is 5.28 Å². The van der Waals surface area contributed by atoms with Gasteiger partial charge in [0.2, 0.25) is 11.2 Å². The fourth-order valence-corrected chi connectivity index (χ4v) is 1.78. The summed E-state index contributed by atoms with van der Waals surface area (Å²) in [5, 5.41) is 0.191. The van der Waals surface area contributed by atoms with Crippen molar-refractivity contribution in [2.75, 3.05) is 19.8 Å². The number of halogens is 2. The Kier molecular flexibility index (Phi) is 3.77. The average Bonchev–Trinajstić information content (AvgIpc) is 2.72. The van der Waals surface area contributed by atoms with Gasteiger partial charge in [-0.3, -0.25) is 0 Å². The molecule has 6 heteroatoms. The van der Waals surface area contributed by atoms with E-state index in [0.717, 1.165) is 19.6 Å². The zero-order chi connectivity index (χ0) is 10.7. The fourth-order valence-electron chi connectivity index (χ4n) is 1.34. The molecule has 1 aliphatic heterocycles. The van der Waals surface area contributed by atoms with Crippen molar-refractivity contribution in [3.8, 4) is 5.88 Å². The lowest BCUT2D eigenvalue weighted by molar-refractivity contribution is 0.165. The van der Waals surface area contributed by atoms with Crippen molar-refractivity contribution in [3.05, 3.63) is 16.0 Å². The van der Waals surface area contributed by atoms with Crippen LogP contribution in [0.4, 0.5) is 0 Å². The van der Waals surface area contributed by atoms with E-state index in [1.165, 1.54) is 0 Å². The summed E-state index contributed by atoms with van der Waals surface area (Å²) >= 11 is 8.96. The number of hydrogen-bond donors (Lipinski definition) is 0. The first kappa shape index (κ1) is 11.1. The van der Waals surface area contributed by atoms with Crippen LogP contribution in [-0.4, -0.2) is 29.8 Å². The Morgan fingerprint density at radius 2 is 2.53 bits per heavy atom. The van der Waals surface area contributed by atoms with Crippen LogP contribution < -0.4 is 4.74 Å². The topological polar surface area (TPSA) is 44.2 Å². The molecule has 82 valence electrons. The Bertz CT molecular complexity index is 345. The average molecular weight is 294 g/mol. The predicted octanol–water partition coefficient (Wildman–Crippen LogP) is 2.31. The van der Waals surface area contributed by atoms with E-state index in [0.29, 0.717) is 22.9 Å². The molecular formula is C9H10BrClN2O2. The standard InChI is InChI=1S/C9H10BrClN2O2/c10-7-3-12-9(11)13-8(7)15-5-6-1-2-14-4-6/h3,6H,1-2,4-5H2. The van der Waals surface area contributed by atoms with E-state index >= 15 is 0 Å². The molecule has 1 aliphatic rings. The third-order valence-electron chi connectivity index (χ3n) is 2.16. The molecule has 0 bridgehead atoms. The van der Waals surface area contributed by atoms with E-state index in [9.17, 15) is 0 Å². The summed E-state index contributed by atoms with van der Waals surface area (Å²) in [7, 11) is 0. The summed E-state index contributed by atoms with van der Waals surface area (Å²) in [6.45, 7) is 2.18. The fraction of sp³-hybridized carbons (Fsp3) is 0.556.